The number of anilines is 1. The van der Waals surface area contributed by atoms with Gasteiger partial charge < -0.3 is 10.0 Å². The van der Waals surface area contributed by atoms with Gasteiger partial charge in [0.15, 0.2) is 0 Å². The van der Waals surface area contributed by atoms with E-state index in [4.69, 9.17) is 4.99 Å². The van der Waals surface area contributed by atoms with E-state index in [1.165, 1.54) is 6.07 Å². The van der Waals surface area contributed by atoms with Gasteiger partial charge in [-0.25, -0.2) is 0 Å². The number of hydrogen-bond donors (Lipinski definition) is 1. The van der Waals surface area contributed by atoms with Crippen LogP contribution in [0.25, 0.3) is 6.08 Å². The summed E-state index contributed by atoms with van der Waals surface area (Å²) in [5.41, 5.74) is 0.459. The molecule has 0 radical (unpaired) electrons. The van der Waals surface area contributed by atoms with Crippen LogP contribution in [0.2, 0.25) is 0 Å². The minimum Gasteiger partial charge on any atom is -0.378 e. The van der Waals surface area contributed by atoms with Crippen molar-refractivity contribution in [1.82, 2.24) is 0 Å². The molecule has 1 N–H and O–H groups in total. The minimum atomic E-state index is -4.41. The molecular weight excluding hydrogens is 413 g/mol. The van der Waals surface area contributed by atoms with Crippen molar-refractivity contribution >= 4 is 17.6 Å². The summed E-state index contributed by atoms with van der Waals surface area (Å²) in [6.45, 7) is 1.94. The smallest absolute Gasteiger partial charge is 0.378 e. The van der Waals surface area contributed by atoms with Crippen LogP contribution in [-0.4, -0.2) is 23.0 Å². The summed E-state index contributed by atoms with van der Waals surface area (Å²) >= 11 is 0. The number of aliphatic imine (C=N–C) groups is 1. The molecule has 0 fully saturated rings. The van der Waals surface area contributed by atoms with Crippen molar-refractivity contribution in [3.63, 3.8) is 0 Å². The maximum Gasteiger partial charge on any atom is 0.416 e. The Balaban J connectivity index is 1.61. The van der Waals surface area contributed by atoms with Crippen LogP contribution in [-0.2, 0) is 11.8 Å². The second kappa shape index (κ2) is 7.35. The van der Waals surface area contributed by atoms with Crippen molar-refractivity contribution in [2.75, 3.05) is 4.90 Å². The van der Waals surface area contributed by atoms with E-state index in [-0.39, 0.29) is 6.04 Å². The van der Waals surface area contributed by atoms with E-state index in [9.17, 15) is 18.3 Å². The fourth-order valence-corrected chi connectivity index (χ4v) is 4.71. The first-order chi connectivity index (χ1) is 15.3. The van der Waals surface area contributed by atoms with Crippen molar-refractivity contribution in [3.8, 4) is 0 Å². The highest BCUT2D eigenvalue weighted by atomic mass is 19.4. The highest BCUT2D eigenvalue weighted by Gasteiger charge is 2.49. The Hall–Kier alpha value is -3.38. The minimum absolute atomic E-state index is 0.296. The molecule has 0 aromatic heterocycles. The molecule has 0 aliphatic carbocycles. The molecule has 0 saturated carbocycles. The summed E-state index contributed by atoms with van der Waals surface area (Å²) in [6.07, 6.45) is -1.04. The lowest BCUT2D eigenvalue weighted by Crippen LogP contribution is -2.49. The van der Waals surface area contributed by atoms with Crippen LogP contribution in [0.4, 0.5) is 18.9 Å². The Morgan fingerprint density at radius 1 is 0.812 bits per heavy atom. The standard InChI is InChI=1S/C26H21F3N2O/c1-17-24(25(32,19-8-4-2-5-9-19)20-10-6-3-7-11-20)30-23-15-12-18-16-21(26(27,28)29)13-14-22(18)31(17)23/h2-17,24,32H,1H3/t17-,24-/m0/s1. The quantitative estimate of drug-likeness (QED) is 0.579. The number of benzene rings is 3. The molecule has 3 nitrogen and oxygen atoms in total. The predicted molar refractivity (Wildman–Crippen MR) is 120 cm³/mol. The molecule has 0 unspecified atom stereocenters. The molecule has 32 heavy (non-hydrogen) atoms. The van der Waals surface area contributed by atoms with E-state index in [1.807, 2.05) is 72.5 Å². The molecule has 162 valence electrons. The lowest BCUT2D eigenvalue weighted by Gasteiger charge is -2.38. The van der Waals surface area contributed by atoms with Gasteiger partial charge in [0.2, 0.25) is 0 Å². The van der Waals surface area contributed by atoms with Crippen LogP contribution >= 0.6 is 0 Å². The van der Waals surface area contributed by atoms with Gasteiger partial charge in [-0.1, -0.05) is 60.7 Å². The third-order valence-corrected chi connectivity index (χ3v) is 6.26. The zero-order valence-corrected chi connectivity index (χ0v) is 17.3. The fraction of sp³-hybridized carbons (Fsp3) is 0.192. The van der Waals surface area contributed by atoms with Crippen LogP contribution < -0.4 is 4.90 Å². The van der Waals surface area contributed by atoms with Gasteiger partial charge >= 0.3 is 6.18 Å². The van der Waals surface area contributed by atoms with Crippen LogP contribution in [0.1, 0.15) is 29.2 Å². The van der Waals surface area contributed by atoms with Crippen molar-refractivity contribution < 1.29 is 18.3 Å². The van der Waals surface area contributed by atoms with Gasteiger partial charge in [0.25, 0.3) is 0 Å². The summed E-state index contributed by atoms with van der Waals surface area (Å²) in [7, 11) is 0. The van der Waals surface area contributed by atoms with Crippen molar-refractivity contribution in [2.45, 2.75) is 30.8 Å². The maximum absolute atomic E-state index is 13.2. The first-order valence-electron chi connectivity index (χ1n) is 10.4. The summed E-state index contributed by atoms with van der Waals surface area (Å²) < 4.78 is 39.6. The van der Waals surface area contributed by atoms with E-state index in [1.54, 1.807) is 12.2 Å². The fourth-order valence-electron chi connectivity index (χ4n) is 4.71. The van der Waals surface area contributed by atoms with Gasteiger partial charge in [-0.3, -0.25) is 4.99 Å². The third kappa shape index (κ3) is 3.14. The van der Waals surface area contributed by atoms with Gasteiger partial charge in [0, 0.05) is 0 Å². The Morgan fingerprint density at radius 2 is 1.41 bits per heavy atom. The van der Waals surface area contributed by atoms with Crippen molar-refractivity contribution in [3.05, 3.63) is 107 Å². The molecule has 0 amide bonds. The normalized spacial score (nSPS) is 20.0. The molecule has 0 saturated heterocycles. The lowest BCUT2D eigenvalue weighted by molar-refractivity contribution is -0.137. The van der Waals surface area contributed by atoms with Gasteiger partial charge in [-0.05, 0) is 54.0 Å². The molecule has 0 bridgehead atoms. The topological polar surface area (TPSA) is 35.8 Å². The van der Waals surface area contributed by atoms with Crippen molar-refractivity contribution in [2.24, 2.45) is 4.99 Å². The van der Waals surface area contributed by atoms with Crippen LogP contribution in [0, 0.1) is 0 Å². The van der Waals surface area contributed by atoms with Crippen molar-refractivity contribution in [1.29, 1.82) is 0 Å². The number of aliphatic hydroxyl groups is 1. The average molecular weight is 434 g/mol. The summed E-state index contributed by atoms with van der Waals surface area (Å²) in [5.74, 6) is 0.625. The number of amidine groups is 1. The Morgan fingerprint density at radius 3 is 1.97 bits per heavy atom. The van der Waals surface area contributed by atoms with Crippen LogP contribution in [0.15, 0.2) is 89.9 Å². The number of nitrogens with zero attached hydrogens (tertiary/aromatic N) is 2. The SMILES string of the molecule is C[C@H]1[C@@H](C(O)(c2ccccc2)c2ccccc2)N=C2C=Cc3cc(C(F)(F)F)ccc3N21. The second-order valence-electron chi connectivity index (χ2n) is 8.15. The molecule has 2 aliphatic rings. The number of hydrogen-bond acceptors (Lipinski definition) is 3. The Bertz CT molecular complexity index is 1160. The zero-order chi connectivity index (χ0) is 22.5. The number of rotatable bonds is 3. The van der Waals surface area contributed by atoms with Gasteiger partial charge in [-0.2, -0.15) is 13.2 Å². The molecule has 3 aromatic carbocycles. The monoisotopic (exact) mass is 434 g/mol. The van der Waals surface area contributed by atoms with Crippen LogP contribution in [0.3, 0.4) is 0 Å². The molecule has 6 heteroatoms. The first kappa shape index (κ1) is 20.5. The van der Waals surface area contributed by atoms with E-state index in [0.717, 1.165) is 12.1 Å². The highest BCUT2D eigenvalue weighted by Crippen LogP contribution is 2.44. The largest absolute Gasteiger partial charge is 0.416 e. The maximum atomic E-state index is 13.2. The third-order valence-electron chi connectivity index (χ3n) is 6.26. The number of alkyl halides is 3. The predicted octanol–water partition coefficient (Wildman–Crippen LogP) is 5.64. The van der Waals surface area contributed by atoms with E-state index in [2.05, 4.69) is 0 Å². The lowest BCUT2D eigenvalue weighted by atomic mass is 9.78. The Kier molecular flexibility index (Phi) is 4.71. The molecule has 2 heterocycles. The van der Waals surface area contributed by atoms with Gasteiger partial charge in [0.05, 0.1) is 17.3 Å². The van der Waals surface area contributed by atoms with E-state index in [0.29, 0.717) is 28.2 Å². The van der Waals surface area contributed by atoms with Gasteiger partial charge in [0.1, 0.15) is 17.5 Å². The Labute approximate surface area is 184 Å². The van der Waals surface area contributed by atoms with Gasteiger partial charge in [-0.15, -0.1) is 0 Å². The van der Waals surface area contributed by atoms with E-state index < -0.39 is 23.4 Å². The average Bonchev–Trinajstić information content (AvgIpc) is 3.16. The summed E-state index contributed by atoms with van der Waals surface area (Å²) in [4.78, 5) is 6.78. The molecule has 3 aromatic rings. The summed E-state index contributed by atoms with van der Waals surface area (Å²) in [5, 5.41) is 12.2. The number of fused-ring (bicyclic) bond motifs is 3. The number of halogens is 3. The second-order valence-corrected chi connectivity index (χ2v) is 8.15. The molecule has 0 spiro atoms. The molecule has 2 atom stereocenters. The van der Waals surface area contributed by atoms with E-state index >= 15 is 0 Å². The first-order valence-corrected chi connectivity index (χ1v) is 10.4. The zero-order valence-electron chi connectivity index (χ0n) is 17.3. The highest BCUT2D eigenvalue weighted by molar-refractivity contribution is 6.13. The summed E-state index contributed by atoms with van der Waals surface area (Å²) in [6, 6.07) is 21.6. The molecule has 5 rings (SSSR count). The molecular formula is C26H21F3N2O. The molecule has 2 aliphatic heterocycles. The van der Waals surface area contributed by atoms with Crippen LogP contribution in [0.5, 0.6) is 0 Å².